The fraction of sp³-hybridized carbons (Fsp3) is 0.545. The van der Waals surface area contributed by atoms with Crippen molar-refractivity contribution in [2.24, 2.45) is 0 Å². The molecule has 0 saturated carbocycles. The molecule has 1 unspecified atom stereocenters. The Kier molecular flexibility index (Phi) is 5.23. The van der Waals surface area contributed by atoms with E-state index in [2.05, 4.69) is 21.4 Å². The van der Waals surface area contributed by atoms with Gasteiger partial charge >= 0.3 is 0 Å². The molecule has 0 bridgehead atoms. The van der Waals surface area contributed by atoms with Gasteiger partial charge in [0.1, 0.15) is 10.6 Å². The number of nitrogens with one attached hydrogen (secondary N) is 1. The minimum atomic E-state index is -0.441. The molecule has 1 heterocycles. The third kappa shape index (κ3) is 4.17. The van der Waals surface area contributed by atoms with Gasteiger partial charge in [0.05, 0.1) is 12.3 Å². The highest BCUT2D eigenvalue weighted by Gasteiger charge is 2.21. The van der Waals surface area contributed by atoms with Crippen LogP contribution in [0.2, 0.25) is 0 Å². The van der Waals surface area contributed by atoms with Crippen LogP contribution < -0.4 is 5.32 Å². The summed E-state index contributed by atoms with van der Waals surface area (Å²) in [6.07, 6.45) is 5.86. The van der Waals surface area contributed by atoms with E-state index in [1.807, 2.05) is 13.8 Å². The lowest BCUT2D eigenvalue weighted by atomic mass is 10.0. The summed E-state index contributed by atoms with van der Waals surface area (Å²) in [5, 5.41) is 13.2. The largest absolute Gasteiger partial charge is 0.300 e. The predicted molar refractivity (Wildman–Crippen MR) is 65.1 cm³/mol. The summed E-state index contributed by atoms with van der Waals surface area (Å²) < 4.78 is 0. The maximum absolute atomic E-state index is 9.06. The van der Waals surface area contributed by atoms with Gasteiger partial charge in [-0.1, -0.05) is 6.92 Å². The van der Waals surface area contributed by atoms with Crippen molar-refractivity contribution in [1.82, 2.24) is 15.3 Å². The van der Waals surface area contributed by atoms with Gasteiger partial charge in [-0.25, -0.2) is 4.98 Å². The summed E-state index contributed by atoms with van der Waals surface area (Å²) in [6.45, 7) is 4.74. The van der Waals surface area contributed by atoms with Crippen molar-refractivity contribution in [1.29, 1.82) is 5.26 Å². The van der Waals surface area contributed by atoms with Crippen LogP contribution in [-0.2, 0) is 0 Å². The number of nitriles is 1. The SMILES string of the molecule is CCNC(C)(C#N)CCSc1cnccn1. The molecule has 0 amide bonds. The molecule has 1 N–H and O–H groups in total. The van der Waals surface area contributed by atoms with Gasteiger partial charge in [-0.15, -0.1) is 11.8 Å². The van der Waals surface area contributed by atoms with E-state index in [0.717, 1.165) is 23.7 Å². The molecule has 0 aliphatic carbocycles. The van der Waals surface area contributed by atoms with Crippen molar-refractivity contribution in [2.75, 3.05) is 12.3 Å². The molecule has 0 fully saturated rings. The van der Waals surface area contributed by atoms with Crippen LogP contribution in [-0.4, -0.2) is 27.8 Å². The summed E-state index contributed by atoms with van der Waals surface area (Å²) in [6, 6.07) is 2.31. The van der Waals surface area contributed by atoms with E-state index in [1.54, 1.807) is 30.4 Å². The van der Waals surface area contributed by atoms with Crippen molar-refractivity contribution in [3.63, 3.8) is 0 Å². The third-order valence-electron chi connectivity index (χ3n) is 2.21. The van der Waals surface area contributed by atoms with Crippen LogP contribution in [0.5, 0.6) is 0 Å². The Hall–Kier alpha value is -1.12. The fourth-order valence-electron chi connectivity index (χ4n) is 1.29. The van der Waals surface area contributed by atoms with E-state index >= 15 is 0 Å². The first kappa shape index (κ1) is 12.9. The molecular formula is C11H16N4S. The molecule has 1 atom stereocenters. The molecule has 16 heavy (non-hydrogen) atoms. The monoisotopic (exact) mass is 236 g/mol. The normalized spacial score (nSPS) is 14.1. The number of hydrogen-bond acceptors (Lipinski definition) is 5. The van der Waals surface area contributed by atoms with E-state index in [1.165, 1.54) is 0 Å². The van der Waals surface area contributed by atoms with Crippen LogP contribution >= 0.6 is 11.8 Å². The van der Waals surface area contributed by atoms with Gasteiger partial charge in [-0.3, -0.25) is 10.3 Å². The summed E-state index contributed by atoms with van der Waals surface area (Å²) in [5.74, 6) is 0.857. The van der Waals surface area contributed by atoms with Crippen LogP contribution in [0.1, 0.15) is 20.3 Å². The van der Waals surface area contributed by atoms with Crippen molar-refractivity contribution >= 4 is 11.8 Å². The van der Waals surface area contributed by atoms with Crippen molar-refractivity contribution < 1.29 is 0 Å². The highest BCUT2D eigenvalue weighted by atomic mass is 32.2. The molecular weight excluding hydrogens is 220 g/mol. The average Bonchev–Trinajstić information content (AvgIpc) is 2.31. The second-order valence-corrected chi connectivity index (χ2v) is 4.73. The molecule has 86 valence electrons. The zero-order valence-electron chi connectivity index (χ0n) is 9.60. The van der Waals surface area contributed by atoms with E-state index in [0.29, 0.717) is 0 Å². The van der Waals surface area contributed by atoms with Crippen LogP contribution in [0.15, 0.2) is 23.6 Å². The summed E-state index contributed by atoms with van der Waals surface area (Å²) >= 11 is 1.62. The Labute approximate surface area is 100 Å². The summed E-state index contributed by atoms with van der Waals surface area (Å²) in [5.41, 5.74) is -0.441. The molecule has 4 nitrogen and oxygen atoms in total. The first-order valence-electron chi connectivity index (χ1n) is 5.25. The highest BCUT2D eigenvalue weighted by molar-refractivity contribution is 7.99. The summed E-state index contributed by atoms with van der Waals surface area (Å²) in [7, 11) is 0. The van der Waals surface area contributed by atoms with Crippen LogP contribution in [0, 0.1) is 11.3 Å². The van der Waals surface area contributed by atoms with Gasteiger partial charge in [-0.05, 0) is 19.9 Å². The van der Waals surface area contributed by atoms with Gasteiger partial charge in [-0.2, -0.15) is 5.26 Å². The first-order chi connectivity index (χ1) is 7.70. The van der Waals surface area contributed by atoms with Crippen LogP contribution in [0.25, 0.3) is 0 Å². The minimum absolute atomic E-state index is 0.441. The lowest BCUT2D eigenvalue weighted by molar-refractivity contribution is 0.450. The van der Waals surface area contributed by atoms with Crippen molar-refractivity contribution in [2.45, 2.75) is 30.8 Å². The molecule has 0 spiro atoms. The number of aromatic nitrogens is 2. The molecule has 5 heteroatoms. The van der Waals surface area contributed by atoms with E-state index in [-0.39, 0.29) is 0 Å². The molecule has 1 aromatic rings. The van der Waals surface area contributed by atoms with Gasteiger partial charge in [0.2, 0.25) is 0 Å². The molecule has 1 aromatic heterocycles. The van der Waals surface area contributed by atoms with Gasteiger partial charge in [0.25, 0.3) is 0 Å². The van der Waals surface area contributed by atoms with Crippen LogP contribution in [0.3, 0.4) is 0 Å². The van der Waals surface area contributed by atoms with Gasteiger partial charge in [0, 0.05) is 18.1 Å². The highest BCUT2D eigenvalue weighted by Crippen LogP contribution is 2.18. The summed E-state index contributed by atoms with van der Waals surface area (Å²) in [4.78, 5) is 8.16. The van der Waals surface area contributed by atoms with Gasteiger partial charge in [0.15, 0.2) is 0 Å². The zero-order chi connectivity index (χ0) is 11.9. The fourth-order valence-corrected chi connectivity index (χ4v) is 2.28. The second-order valence-electron chi connectivity index (χ2n) is 3.62. The van der Waals surface area contributed by atoms with Crippen molar-refractivity contribution in [3.05, 3.63) is 18.6 Å². The maximum Gasteiger partial charge on any atom is 0.114 e. The quantitative estimate of drug-likeness (QED) is 0.764. The smallest absolute Gasteiger partial charge is 0.114 e. The van der Waals surface area contributed by atoms with E-state index in [4.69, 9.17) is 5.26 Å². The standard InChI is InChI=1S/C11H16N4S/c1-3-15-11(2,9-12)4-7-16-10-8-13-5-6-14-10/h5-6,8,15H,3-4,7H2,1-2H3. The van der Waals surface area contributed by atoms with Gasteiger partial charge < -0.3 is 0 Å². The van der Waals surface area contributed by atoms with Crippen LogP contribution in [0.4, 0.5) is 0 Å². The zero-order valence-corrected chi connectivity index (χ0v) is 10.4. The second kappa shape index (κ2) is 6.46. The number of hydrogen-bond donors (Lipinski definition) is 1. The molecule has 0 radical (unpaired) electrons. The lowest BCUT2D eigenvalue weighted by Crippen LogP contribution is -2.41. The molecule has 1 rings (SSSR count). The minimum Gasteiger partial charge on any atom is -0.300 e. The molecule has 0 aliphatic rings. The van der Waals surface area contributed by atoms with Crippen molar-refractivity contribution in [3.8, 4) is 6.07 Å². The number of nitrogens with zero attached hydrogens (tertiary/aromatic N) is 3. The van der Waals surface area contributed by atoms with E-state index < -0.39 is 5.54 Å². The first-order valence-corrected chi connectivity index (χ1v) is 6.24. The molecule has 0 saturated heterocycles. The Balaban J connectivity index is 2.38. The number of rotatable bonds is 6. The molecule has 0 aromatic carbocycles. The Morgan fingerprint density at radius 3 is 2.94 bits per heavy atom. The third-order valence-corrected chi connectivity index (χ3v) is 3.12. The van der Waals surface area contributed by atoms with E-state index in [9.17, 15) is 0 Å². The Morgan fingerprint density at radius 2 is 2.38 bits per heavy atom. The predicted octanol–water partition coefficient (Wildman–Crippen LogP) is 1.85. The Morgan fingerprint density at radius 1 is 1.56 bits per heavy atom. The average molecular weight is 236 g/mol. The number of thioether (sulfide) groups is 1. The molecule has 0 aliphatic heterocycles. The maximum atomic E-state index is 9.06. The lowest BCUT2D eigenvalue weighted by Gasteiger charge is -2.21. The Bertz CT molecular complexity index is 349. The topological polar surface area (TPSA) is 61.6 Å².